The lowest BCUT2D eigenvalue weighted by Crippen LogP contribution is -2.49. The summed E-state index contributed by atoms with van der Waals surface area (Å²) in [6.07, 6.45) is 1.57. The molecule has 1 aliphatic heterocycles. The minimum Gasteiger partial charge on any atom is -0.383 e. The van der Waals surface area contributed by atoms with Crippen molar-refractivity contribution in [2.24, 2.45) is 0 Å². The Labute approximate surface area is 135 Å². The molecule has 6 heteroatoms. The van der Waals surface area contributed by atoms with Crippen LogP contribution in [-0.2, 0) is 0 Å². The Morgan fingerprint density at radius 1 is 1.43 bits per heavy atom. The maximum absolute atomic E-state index is 12.7. The Bertz CT molecular complexity index is 731. The van der Waals surface area contributed by atoms with Gasteiger partial charge in [-0.2, -0.15) is 0 Å². The number of nitrogens with two attached hydrogens (primary N) is 1. The van der Waals surface area contributed by atoms with Gasteiger partial charge in [0.1, 0.15) is 17.3 Å². The fourth-order valence-corrected chi connectivity index (χ4v) is 2.82. The molecule has 0 saturated carbocycles. The lowest BCUT2D eigenvalue weighted by molar-refractivity contribution is 0.103. The van der Waals surface area contributed by atoms with E-state index in [0.29, 0.717) is 17.3 Å². The number of aryl methyl sites for hydroxylation is 1. The van der Waals surface area contributed by atoms with Crippen LogP contribution < -0.4 is 16.0 Å². The number of rotatable bonds is 3. The van der Waals surface area contributed by atoms with Crippen molar-refractivity contribution < 1.29 is 4.79 Å². The van der Waals surface area contributed by atoms with Crippen molar-refractivity contribution in [2.45, 2.75) is 19.9 Å². The smallest absolute Gasteiger partial charge is 0.215 e. The first-order chi connectivity index (χ1) is 11.0. The Hall–Kier alpha value is -2.47. The summed E-state index contributed by atoms with van der Waals surface area (Å²) >= 11 is 0. The normalized spacial score (nSPS) is 18.0. The fourth-order valence-electron chi connectivity index (χ4n) is 2.82. The lowest BCUT2D eigenvalue weighted by Gasteiger charge is -2.33. The number of ketones is 1. The van der Waals surface area contributed by atoms with E-state index in [1.54, 1.807) is 24.4 Å². The van der Waals surface area contributed by atoms with Crippen molar-refractivity contribution in [1.82, 2.24) is 15.3 Å². The van der Waals surface area contributed by atoms with Crippen LogP contribution in [0.5, 0.6) is 0 Å². The first-order valence-electron chi connectivity index (χ1n) is 7.77. The highest BCUT2D eigenvalue weighted by Gasteiger charge is 2.20. The summed E-state index contributed by atoms with van der Waals surface area (Å²) in [5.41, 5.74) is 7.63. The predicted molar refractivity (Wildman–Crippen MR) is 90.7 cm³/mol. The van der Waals surface area contributed by atoms with Gasteiger partial charge in [-0.1, -0.05) is 0 Å². The molecule has 3 rings (SSSR count). The Balaban J connectivity index is 1.94. The van der Waals surface area contributed by atoms with E-state index < -0.39 is 0 Å². The van der Waals surface area contributed by atoms with Crippen LogP contribution in [0.2, 0.25) is 0 Å². The molecular formula is C17H21N5O. The highest BCUT2D eigenvalue weighted by atomic mass is 16.1. The average molecular weight is 311 g/mol. The van der Waals surface area contributed by atoms with Gasteiger partial charge in [0.2, 0.25) is 5.78 Å². The molecule has 0 radical (unpaired) electrons. The zero-order chi connectivity index (χ0) is 16.4. The van der Waals surface area contributed by atoms with Crippen molar-refractivity contribution in [3.8, 4) is 0 Å². The van der Waals surface area contributed by atoms with Crippen molar-refractivity contribution in [3.63, 3.8) is 0 Å². The molecule has 120 valence electrons. The monoisotopic (exact) mass is 311 g/mol. The summed E-state index contributed by atoms with van der Waals surface area (Å²) in [5.74, 6) is 0.881. The Morgan fingerprint density at radius 3 is 3.00 bits per heavy atom. The van der Waals surface area contributed by atoms with Gasteiger partial charge in [0, 0.05) is 31.9 Å². The number of aromatic nitrogens is 2. The van der Waals surface area contributed by atoms with E-state index in [9.17, 15) is 4.79 Å². The van der Waals surface area contributed by atoms with E-state index in [0.717, 1.165) is 31.0 Å². The number of anilines is 2. The van der Waals surface area contributed by atoms with Crippen LogP contribution in [-0.4, -0.2) is 41.4 Å². The first kappa shape index (κ1) is 15.4. The summed E-state index contributed by atoms with van der Waals surface area (Å²) in [5, 5.41) is 3.41. The van der Waals surface area contributed by atoms with E-state index in [4.69, 9.17) is 5.73 Å². The Kier molecular flexibility index (Phi) is 4.25. The molecule has 23 heavy (non-hydrogen) atoms. The molecule has 1 atom stereocenters. The quantitative estimate of drug-likeness (QED) is 0.834. The number of pyridine rings is 2. The second-order valence-corrected chi connectivity index (χ2v) is 5.95. The van der Waals surface area contributed by atoms with Gasteiger partial charge in [0.05, 0.1) is 5.56 Å². The lowest BCUT2D eigenvalue weighted by atomic mass is 10.1. The summed E-state index contributed by atoms with van der Waals surface area (Å²) in [4.78, 5) is 23.5. The summed E-state index contributed by atoms with van der Waals surface area (Å²) < 4.78 is 0. The van der Waals surface area contributed by atoms with E-state index in [-0.39, 0.29) is 11.6 Å². The van der Waals surface area contributed by atoms with Gasteiger partial charge in [0.25, 0.3) is 0 Å². The van der Waals surface area contributed by atoms with Crippen LogP contribution in [0, 0.1) is 6.92 Å². The molecule has 0 aromatic carbocycles. The number of hydrogen-bond donors (Lipinski definition) is 2. The second-order valence-electron chi connectivity index (χ2n) is 5.95. The average Bonchev–Trinajstić information content (AvgIpc) is 2.54. The second kappa shape index (κ2) is 6.34. The molecule has 2 aromatic rings. The van der Waals surface area contributed by atoms with E-state index in [1.807, 2.05) is 13.0 Å². The van der Waals surface area contributed by atoms with Crippen LogP contribution in [0.25, 0.3) is 0 Å². The van der Waals surface area contributed by atoms with Gasteiger partial charge in [0.15, 0.2) is 0 Å². The molecule has 1 aliphatic rings. The van der Waals surface area contributed by atoms with Gasteiger partial charge in [-0.15, -0.1) is 0 Å². The topological polar surface area (TPSA) is 84.1 Å². The maximum atomic E-state index is 12.7. The van der Waals surface area contributed by atoms with E-state index in [1.165, 1.54) is 0 Å². The largest absolute Gasteiger partial charge is 0.383 e. The van der Waals surface area contributed by atoms with E-state index >= 15 is 0 Å². The Morgan fingerprint density at radius 2 is 2.26 bits per heavy atom. The van der Waals surface area contributed by atoms with Crippen LogP contribution in [0.4, 0.5) is 11.6 Å². The zero-order valence-corrected chi connectivity index (χ0v) is 13.4. The van der Waals surface area contributed by atoms with Crippen molar-refractivity contribution in [2.75, 3.05) is 30.3 Å². The van der Waals surface area contributed by atoms with Gasteiger partial charge in [-0.3, -0.25) is 4.79 Å². The van der Waals surface area contributed by atoms with Crippen molar-refractivity contribution >= 4 is 17.4 Å². The molecule has 0 aliphatic carbocycles. The fraction of sp³-hybridized carbons (Fsp3) is 0.353. The molecule has 1 saturated heterocycles. The maximum Gasteiger partial charge on any atom is 0.215 e. The minimum absolute atomic E-state index is 0.191. The highest BCUT2D eigenvalue weighted by Crippen LogP contribution is 2.20. The summed E-state index contributed by atoms with van der Waals surface area (Å²) in [7, 11) is 0. The third-order valence-electron chi connectivity index (χ3n) is 3.96. The molecule has 0 bridgehead atoms. The predicted octanol–water partition coefficient (Wildman–Crippen LogP) is 1.40. The molecular weight excluding hydrogens is 290 g/mol. The molecule has 6 nitrogen and oxygen atoms in total. The summed E-state index contributed by atoms with van der Waals surface area (Å²) in [6, 6.07) is 7.60. The van der Waals surface area contributed by atoms with Gasteiger partial charge in [-0.25, -0.2) is 9.97 Å². The number of nitrogens with one attached hydrogen (secondary N) is 1. The number of nitrogen functional groups attached to an aromatic ring is 1. The van der Waals surface area contributed by atoms with Crippen LogP contribution >= 0.6 is 0 Å². The molecule has 3 N–H and O–H groups in total. The standard InChI is InChI=1S/C17H21N5O/c1-11-8-14(16(23)13-4-3-5-20-17(13)18)21-15(9-11)22-7-6-19-12(2)10-22/h3-5,8-9,12,19H,6-7,10H2,1-2H3,(H2,18,20)/t12-/m0/s1. The van der Waals surface area contributed by atoms with Crippen LogP contribution in [0.1, 0.15) is 28.5 Å². The van der Waals surface area contributed by atoms with Gasteiger partial charge >= 0.3 is 0 Å². The number of nitrogens with zero attached hydrogens (tertiary/aromatic N) is 3. The number of hydrogen-bond acceptors (Lipinski definition) is 6. The number of carbonyl (C=O) groups excluding carboxylic acids is 1. The van der Waals surface area contributed by atoms with E-state index in [2.05, 4.69) is 27.1 Å². The van der Waals surface area contributed by atoms with Crippen LogP contribution in [0.15, 0.2) is 30.5 Å². The molecule has 1 fully saturated rings. The van der Waals surface area contributed by atoms with Crippen molar-refractivity contribution in [3.05, 3.63) is 47.3 Å². The number of carbonyl (C=O) groups is 1. The third-order valence-corrected chi connectivity index (χ3v) is 3.96. The SMILES string of the molecule is Cc1cc(C(=O)c2cccnc2N)nc(N2CCN[C@@H](C)C2)c1. The number of piperazine rings is 1. The minimum atomic E-state index is -0.191. The van der Waals surface area contributed by atoms with Gasteiger partial charge < -0.3 is 16.0 Å². The molecule has 3 heterocycles. The van der Waals surface area contributed by atoms with Gasteiger partial charge in [-0.05, 0) is 43.7 Å². The molecule has 0 spiro atoms. The van der Waals surface area contributed by atoms with Crippen molar-refractivity contribution in [1.29, 1.82) is 0 Å². The summed E-state index contributed by atoms with van der Waals surface area (Å²) in [6.45, 7) is 6.78. The highest BCUT2D eigenvalue weighted by molar-refractivity contribution is 6.10. The first-order valence-corrected chi connectivity index (χ1v) is 7.77. The van der Waals surface area contributed by atoms with Crippen LogP contribution in [0.3, 0.4) is 0 Å². The molecule has 0 amide bonds. The zero-order valence-electron chi connectivity index (χ0n) is 13.4. The molecule has 0 unspecified atom stereocenters. The third kappa shape index (κ3) is 3.32. The molecule has 2 aromatic heterocycles.